The Labute approximate surface area is 139 Å². The molecule has 126 valence electrons. The highest BCUT2D eigenvalue weighted by Gasteiger charge is 2.26. The Morgan fingerprint density at radius 2 is 2.00 bits per heavy atom. The molecule has 1 atom stereocenters. The van der Waals surface area contributed by atoms with Crippen molar-refractivity contribution in [2.45, 2.75) is 32.4 Å². The molecule has 0 aromatic heterocycles. The molecule has 24 heavy (non-hydrogen) atoms. The molecular weight excluding hydrogens is 312 g/mol. The van der Waals surface area contributed by atoms with Gasteiger partial charge >= 0.3 is 12.1 Å². The second kappa shape index (κ2) is 8.61. The molecule has 1 amide bonds. The number of rotatable bonds is 5. The maximum absolute atomic E-state index is 11.9. The van der Waals surface area contributed by atoms with Gasteiger partial charge in [-0.2, -0.15) is 0 Å². The van der Waals surface area contributed by atoms with Gasteiger partial charge in [0.25, 0.3) is 0 Å². The quantitative estimate of drug-likeness (QED) is 0.659. The molecule has 0 spiro atoms. The van der Waals surface area contributed by atoms with Crippen molar-refractivity contribution in [1.82, 2.24) is 5.32 Å². The van der Waals surface area contributed by atoms with Crippen molar-refractivity contribution in [3.8, 4) is 0 Å². The minimum absolute atomic E-state index is 0.0269. The van der Waals surface area contributed by atoms with Gasteiger partial charge in [0.05, 0.1) is 0 Å². The van der Waals surface area contributed by atoms with Gasteiger partial charge in [-0.15, -0.1) is 0 Å². The minimum Gasteiger partial charge on any atom is -0.445 e. The predicted octanol–water partition coefficient (Wildman–Crippen LogP) is 2.12. The van der Waals surface area contributed by atoms with Crippen LogP contribution in [0.4, 0.5) is 4.79 Å². The number of carbonyl (C=O) groups excluding carboxylic acids is 3. The Morgan fingerprint density at radius 3 is 2.71 bits per heavy atom. The van der Waals surface area contributed by atoms with E-state index in [-0.39, 0.29) is 18.9 Å². The highest BCUT2D eigenvalue weighted by Crippen LogP contribution is 2.08. The summed E-state index contributed by atoms with van der Waals surface area (Å²) in [6.45, 7) is 1.68. The molecule has 0 aliphatic carbocycles. The van der Waals surface area contributed by atoms with Crippen molar-refractivity contribution in [3.05, 3.63) is 48.2 Å². The molecular formula is C17H18N2O5. The molecule has 1 aliphatic rings. The Balaban J connectivity index is 1.88. The van der Waals surface area contributed by atoms with Crippen molar-refractivity contribution in [2.24, 2.45) is 4.99 Å². The number of amides is 1. The lowest BCUT2D eigenvalue weighted by Gasteiger charge is -2.20. The van der Waals surface area contributed by atoms with Gasteiger partial charge in [-0.1, -0.05) is 43.3 Å². The molecule has 0 saturated carbocycles. The smallest absolute Gasteiger partial charge is 0.408 e. The Morgan fingerprint density at radius 1 is 1.25 bits per heavy atom. The van der Waals surface area contributed by atoms with E-state index in [9.17, 15) is 14.4 Å². The van der Waals surface area contributed by atoms with Gasteiger partial charge in [0, 0.05) is 12.6 Å². The molecule has 1 unspecified atom stereocenters. The first-order chi connectivity index (χ1) is 11.6. The summed E-state index contributed by atoms with van der Waals surface area (Å²) in [6, 6.07) is 8.57. The van der Waals surface area contributed by atoms with Crippen molar-refractivity contribution in [2.75, 3.05) is 0 Å². The van der Waals surface area contributed by atoms with E-state index in [0.717, 1.165) is 5.56 Å². The van der Waals surface area contributed by atoms with E-state index in [0.29, 0.717) is 6.42 Å². The van der Waals surface area contributed by atoms with E-state index < -0.39 is 23.9 Å². The molecule has 1 heterocycles. The number of hydrogen-bond acceptors (Lipinski definition) is 6. The maximum Gasteiger partial charge on any atom is 0.408 e. The lowest BCUT2D eigenvalue weighted by Crippen LogP contribution is -2.43. The maximum atomic E-state index is 11.9. The Bertz CT molecular complexity index is 667. The molecule has 0 radical (unpaired) electrons. The third kappa shape index (κ3) is 5.05. The average Bonchev–Trinajstić information content (AvgIpc) is 2.61. The topological polar surface area (TPSA) is 94.1 Å². The number of ether oxygens (including phenoxy) is 2. The van der Waals surface area contributed by atoms with Gasteiger partial charge < -0.3 is 14.8 Å². The normalized spacial score (nSPS) is 16.0. The van der Waals surface area contributed by atoms with Gasteiger partial charge in [-0.25, -0.2) is 14.6 Å². The summed E-state index contributed by atoms with van der Waals surface area (Å²) in [6.07, 6.45) is 2.92. The largest absolute Gasteiger partial charge is 0.445 e. The number of esters is 1. The highest BCUT2D eigenvalue weighted by atomic mass is 16.6. The first-order valence-corrected chi connectivity index (χ1v) is 7.55. The van der Waals surface area contributed by atoms with Crippen molar-refractivity contribution in [1.29, 1.82) is 0 Å². The molecule has 1 aromatic carbocycles. The van der Waals surface area contributed by atoms with E-state index in [1.807, 2.05) is 30.3 Å². The lowest BCUT2D eigenvalue weighted by atomic mass is 10.1. The van der Waals surface area contributed by atoms with E-state index in [1.165, 1.54) is 6.20 Å². The van der Waals surface area contributed by atoms with E-state index in [1.54, 1.807) is 13.0 Å². The highest BCUT2D eigenvalue weighted by molar-refractivity contribution is 6.35. The van der Waals surface area contributed by atoms with Gasteiger partial charge in [0.2, 0.25) is 11.7 Å². The second-order valence-corrected chi connectivity index (χ2v) is 5.01. The monoisotopic (exact) mass is 330 g/mol. The first kappa shape index (κ1) is 17.4. The molecule has 1 N–H and O–H groups in total. The number of hydrogen-bond donors (Lipinski definition) is 1. The predicted molar refractivity (Wildman–Crippen MR) is 86.1 cm³/mol. The zero-order valence-electron chi connectivity index (χ0n) is 13.2. The zero-order chi connectivity index (χ0) is 17.4. The molecule has 2 rings (SSSR count). The van der Waals surface area contributed by atoms with Gasteiger partial charge in [-0.05, 0) is 12.0 Å². The van der Waals surface area contributed by atoms with Crippen LogP contribution in [0.25, 0.3) is 0 Å². The summed E-state index contributed by atoms with van der Waals surface area (Å²) in [5, 5.41) is 2.57. The second-order valence-electron chi connectivity index (χ2n) is 5.01. The van der Waals surface area contributed by atoms with E-state index in [2.05, 4.69) is 10.3 Å². The van der Waals surface area contributed by atoms with Crippen molar-refractivity contribution in [3.63, 3.8) is 0 Å². The molecule has 1 aliphatic heterocycles. The van der Waals surface area contributed by atoms with E-state index >= 15 is 0 Å². The van der Waals surface area contributed by atoms with Crippen LogP contribution in [-0.4, -0.2) is 29.8 Å². The fourth-order valence-corrected chi connectivity index (χ4v) is 1.94. The SMILES string of the molecule is CCC(=O)C(=O)OC1=NC=CCC1NC(=O)OCc1ccccc1. The van der Waals surface area contributed by atoms with Crippen LogP contribution >= 0.6 is 0 Å². The molecule has 7 heteroatoms. The van der Waals surface area contributed by atoms with Gasteiger partial charge in [0.1, 0.15) is 12.6 Å². The number of aliphatic imine (C=N–C) groups is 1. The lowest BCUT2D eigenvalue weighted by molar-refractivity contribution is -0.148. The third-order valence-corrected chi connectivity index (χ3v) is 3.23. The summed E-state index contributed by atoms with van der Waals surface area (Å²) < 4.78 is 10.1. The summed E-state index contributed by atoms with van der Waals surface area (Å²) in [7, 11) is 0. The molecule has 0 bridgehead atoms. The average molecular weight is 330 g/mol. The molecule has 7 nitrogen and oxygen atoms in total. The minimum atomic E-state index is -0.990. The van der Waals surface area contributed by atoms with Crippen LogP contribution in [0.2, 0.25) is 0 Å². The van der Waals surface area contributed by atoms with Crippen LogP contribution in [0.15, 0.2) is 47.6 Å². The van der Waals surface area contributed by atoms with Crippen LogP contribution in [0.5, 0.6) is 0 Å². The van der Waals surface area contributed by atoms with Crippen LogP contribution in [0.3, 0.4) is 0 Å². The van der Waals surface area contributed by atoms with Crippen LogP contribution in [-0.2, 0) is 25.7 Å². The fourth-order valence-electron chi connectivity index (χ4n) is 1.94. The third-order valence-electron chi connectivity index (χ3n) is 3.23. The number of nitrogens with zero attached hydrogens (tertiary/aromatic N) is 1. The number of benzene rings is 1. The number of nitrogens with one attached hydrogen (secondary N) is 1. The first-order valence-electron chi connectivity index (χ1n) is 7.55. The zero-order valence-corrected chi connectivity index (χ0v) is 13.2. The van der Waals surface area contributed by atoms with Crippen LogP contribution in [0.1, 0.15) is 25.3 Å². The molecule has 1 aromatic rings. The van der Waals surface area contributed by atoms with E-state index in [4.69, 9.17) is 9.47 Å². The molecule has 0 fully saturated rings. The van der Waals surface area contributed by atoms with Gasteiger partial charge in [0.15, 0.2) is 0 Å². The van der Waals surface area contributed by atoms with Crippen LogP contribution in [0, 0.1) is 0 Å². The summed E-state index contributed by atoms with van der Waals surface area (Å²) >= 11 is 0. The van der Waals surface area contributed by atoms with Crippen molar-refractivity contribution < 1.29 is 23.9 Å². The fraction of sp³-hybridized carbons (Fsp3) is 0.294. The molecule has 0 saturated heterocycles. The van der Waals surface area contributed by atoms with Crippen LogP contribution < -0.4 is 5.32 Å². The summed E-state index contributed by atoms with van der Waals surface area (Å²) in [5.74, 6) is -1.67. The summed E-state index contributed by atoms with van der Waals surface area (Å²) in [5.41, 5.74) is 0.852. The number of carbonyl (C=O) groups is 3. The summed E-state index contributed by atoms with van der Waals surface area (Å²) in [4.78, 5) is 38.7. The number of Topliss-reactive ketones (excluding diaryl/α,β-unsaturated/α-hetero) is 1. The number of ketones is 1. The Kier molecular flexibility index (Phi) is 6.24. The Hall–Kier alpha value is -2.96. The van der Waals surface area contributed by atoms with Crippen molar-refractivity contribution >= 4 is 23.7 Å². The standard InChI is InChI=1S/C17H18N2O5/c1-2-14(20)16(21)24-15-13(9-6-10-18-15)19-17(22)23-11-12-7-4-3-5-8-12/h3-8,10,13H,2,9,11H2,1H3,(H,19,22). The number of alkyl carbamates (subject to hydrolysis) is 1. The van der Waals surface area contributed by atoms with Gasteiger partial charge in [-0.3, -0.25) is 4.79 Å².